The zero-order valence-electron chi connectivity index (χ0n) is 21.4. The number of aliphatic hydroxyl groups is 5. The van der Waals surface area contributed by atoms with Gasteiger partial charge in [0, 0.05) is 68.2 Å². The van der Waals surface area contributed by atoms with Crippen molar-refractivity contribution < 1.29 is 88.7 Å². The summed E-state index contributed by atoms with van der Waals surface area (Å²) < 4.78 is 11.6. The molecule has 0 aromatic heterocycles. The second-order valence-electron chi connectivity index (χ2n) is 11.6. The normalized spacial score (nSPS) is 44.3. The Morgan fingerprint density at radius 1 is 1.08 bits per heavy atom. The van der Waals surface area contributed by atoms with Crippen molar-refractivity contribution in [3.63, 3.8) is 0 Å². The number of carbonyl (C=O) groups is 2. The van der Waals surface area contributed by atoms with Crippen molar-refractivity contribution in [1.82, 2.24) is 0 Å². The summed E-state index contributed by atoms with van der Waals surface area (Å²) in [4.78, 5) is 27.4. The van der Waals surface area contributed by atoms with Gasteiger partial charge in [-0.15, -0.1) is 0 Å². The minimum absolute atomic E-state index is 0. The van der Waals surface area contributed by atoms with E-state index in [1.165, 1.54) is 6.92 Å². The Bertz CT molecular complexity index is 1140. The van der Waals surface area contributed by atoms with Gasteiger partial charge in [-0.25, -0.2) is 4.79 Å². The molecule has 37 heavy (non-hydrogen) atoms. The summed E-state index contributed by atoms with van der Waals surface area (Å²) in [5, 5.41) is 57.9. The maximum atomic E-state index is 14.0. The van der Waals surface area contributed by atoms with Gasteiger partial charge in [0.1, 0.15) is 23.4 Å². The van der Waals surface area contributed by atoms with Gasteiger partial charge in [0.25, 0.3) is 0 Å². The number of rotatable bonds is 2. The monoisotopic (exact) mass is 729 g/mol. The summed E-state index contributed by atoms with van der Waals surface area (Å²) >= 11 is 0. The Kier molecular flexibility index (Phi) is 7.48. The topological polar surface area (TPSA) is 154 Å². The zero-order valence-corrected chi connectivity index (χ0v) is 26.2. The second-order valence-corrected chi connectivity index (χ2v) is 11.6. The summed E-state index contributed by atoms with van der Waals surface area (Å²) in [5.74, 6) is -2.89. The molecule has 1 aliphatic heterocycles. The molecule has 3 aliphatic carbocycles. The van der Waals surface area contributed by atoms with Crippen LogP contribution in [0.3, 0.4) is 0 Å². The first-order valence-electron chi connectivity index (χ1n) is 12.3. The molecule has 1 aromatic carbocycles. The molecule has 1 aromatic rings. The summed E-state index contributed by atoms with van der Waals surface area (Å²) in [6, 6.07) is 8.12. The fraction of sp³-hybridized carbons (Fsp3) is 0.630. The van der Waals surface area contributed by atoms with Crippen LogP contribution >= 0.6 is 0 Å². The van der Waals surface area contributed by atoms with Crippen LogP contribution in [0.1, 0.15) is 50.9 Å². The molecule has 8 unspecified atom stereocenters. The average Bonchev–Trinajstić information content (AvgIpc) is 2.83. The van der Waals surface area contributed by atoms with Crippen LogP contribution in [0.5, 0.6) is 0 Å². The van der Waals surface area contributed by atoms with Gasteiger partial charge in [0.2, 0.25) is 0 Å². The largest absolute Gasteiger partial charge is 0.455 e. The first-order chi connectivity index (χ1) is 16.7. The molecule has 2 saturated carbocycles. The molecule has 1 radical (unpaired) electrons. The Hall–Kier alpha value is -0.698. The van der Waals surface area contributed by atoms with Crippen molar-refractivity contribution in [3.05, 3.63) is 47.0 Å². The van der Waals surface area contributed by atoms with Crippen molar-refractivity contribution in [2.45, 2.75) is 82.3 Å². The fourth-order valence-electron chi connectivity index (χ4n) is 7.26. The third kappa shape index (κ3) is 3.81. The molecule has 3 fully saturated rings. The van der Waals surface area contributed by atoms with E-state index in [4.69, 9.17) is 9.47 Å². The van der Waals surface area contributed by atoms with Gasteiger partial charge in [0.05, 0.1) is 35.9 Å². The molecule has 0 amide bonds. The van der Waals surface area contributed by atoms with E-state index in [9.17, 15) is 35.1 Å². The quantitative estimate of drug-likeness (QED) is 0.217. The molecule has 0 spiro atoms. The van der Waals surface area contributed by atoms with E-state index in [0.717, 1.165) is 0 Å². The number of hydrogen-bond donors (Lipinski definition) is 5. The Morgan fingerprint density at radius 3 is 2.27 bits per heavy atom. The predicted octanol–water partition coefficient (Wildman–Crippen LogP) is 0.511. The standard InChI is InChI=1S/C27H34O9.Ac/c1-13-15(28)11-27(34)22(36-23(32)14-8-6-5-7-9-14)20-25(4,16(29)10-17-26(20,33)12-35-17)21(31)19(30)18(13)24(27,2)3;/h5-9,15-17,19-20,22,28-30,33-34H,10-12H2,1-4H3;/t15?,16?,17?,19?,20?,22?,25-,26?,27?;/m1./s1. The number of aliphatic hydroxyl groups excluding tert-OH is 3. The Morgan fingerprint density at radius 2 is 1.70 bits per heavy atom. The smallest absolute Gasteiger partial charge is 0.338 e. The molecule has 1 saturated heterocycles. The second kappa shape index (κ2) is 9.45. The molecule has 5 N–H and O–H groups in total. The van der Waals surface area contributed by atoms with Gasteiger partial charge in [-0.2, -0.15) is 0 Å². The summed E-state index contributed by atoms with van der Waals surface area (Å²) in [6.07, 6.45) is -7.08. The van der Waals surface area contributed by atoms with Gasteiger partial charge in [-0.1, -0.05) is 32.0 Å². The first kappa shape index (κ1) is 29.3. The zero-order chi connectivity index (χ0) is 26.4. The number of ketones is 1. The van der Waals surface area contributed by atoms with Crippen molar-refractivity contribution in [1.29, 1.82) is 0 Å². The third-order valence-electron chi connectivity index (χ3n) is 9.64. The molecular formula is C27H34AcO9. The molecule has 1 heterocycles. The number of ether oxygens (including phenoxy) is 2. The van der Waals surface area contributed by atoms with Gasteiger partial charge in [0.15, 0.2) is 5.78 Å². The van der Waals surface area contributed by atoms with Crippen LogP contribution < -0.4 is 0 Å². The first-order valence-corrected chi connectivity index (χ1v) is 12.3. The van der Waals surface area contributed by atoms with E-state index >= 15 is 0 Å². The van der Waals surface area contributed by atoms with Crippen molar-refractivity contribution >= 4 is 11.8 Å². The number of Topliss-reactive ketones (excluding diaryl/α,β-unsaturated/α-hetero) is 1. The number of esters is 1. The predicted molar refractivity (Wildman–Crippen MR) is 126 cm³/mol. The van der Waals surface area contributed by atoms with Crippen LogP contribution in [0.15, 0.2) is 41.5 Å². The van der Waals surface area contributed by atoms with Crippen LogP contribution in [-0.4, -0.2) is 85.6 Å². The third-order valence-corrected chi connectivity index (χ3v) is 9.64. The summed E-state index contributed by atoms with van der Waals surface area (Å²) in [5.41, 5.74) is -6.24. The van der Waals surface area contributed by atoms with Crippen LogP contribution in [0.25, 0.3) is 0 Å². The van der Waals surface area contributed by atoms with E-state index in [-0.39, 0.29) is 74.6 Å². The van der Waals surface area contributed by atoms with Gasteiger partial charge in [-0.05, 0) is 37.1 Å². The van der Waals surface area contributed by atoms with Crippen molar-refractivity contribution in [2.75, 3.05) is 6.61 Å². The van der Waals surface area contributed by atoms with Gasteiger partial charge < -0.3 is 35.0 Å². The number of carbonyl (C=O) groups excluding carboxylic acids is 2. The Balaban J connectivity index is 0.00000320. The van der Waals surface area contributed by atoms with E-state index in [1.54, 1.807) is 51.1 Å². The maximum absolute atomic E-state index is 14.0. The van der Waals surface area contributed by atoms with Gasteiger partial charge in [-0.3, -0.25) is 4.79 Å². The molecule has 5 rings (SSSR count). The summed E-state index contributed by atoms with van der Waals surface area (Å²) in [7, 11) is 0. The molecule has 9 nitrogen and oxygen atoms in total. The van der Waals surface area contributed by atoms with Crippen molar-refractivity contribution in [3.8, 4) is 0 Å². The summed E-state index contributed by atoms with van der Waals surface area (Å²) in [6.45, 7) is 6.07. The molecule has 9 atom stereocenters. The van der Waals surface area contributed by atoms with Crippen molar-refractivity contribution in [2.24, 2.45) is 16.7 Å². The van der Waals surface area contributed by atoms with E-state index < -0.39 is 70.2 Å². The molecular weight excluding hydrogens is 695 g/mol. The SMILES string of the molecule is CC1=C2C(O)C(=O)[C@]3(C)C(O)CC4OCC4(O)C3C(OC(=O)c3ccccc3)C(O)(CC1O)C2(C)C.[Ac]. The number of hydrogen-bond acceptors (Lipinski definition) is 9. The number of fused-ring (bicyclic) bond motifs is 5. The van der Waals surface area contributed by atoms with Crippen LogP contribution in [0, 0.1) is 60.8 Å². The minimum Gasteiger partial charge on any atom is -0.455 e. The van der Waals surface area contributed by atoms with Crippen LogP contribution in [0.4, 0.5) is 0 Å². The average molecular weight is 730 g/mol. The van der Waals surface area contributed by atoms with Gasteiger partial charge >= 0.3 is 5.97 Å². The number of benzene rings is 1. The van der Waals surface area contributed by atoms with Crippen LogP contribution in [-0.2, 0) is 14.3 Å². The molecule has 10 heteroatoms. The maximum Gasteiger partial charge on any atom is 0.338 e. The van der Waals surface area contributed by atoms with E-state index in [1.807, 2.05) is 0 Å². The molecule has 2 bridgehead atoms. The molecule has 4 aliphatic rings. The Labute approximate surface area is 251 Å². The fourth-order valence-corrected chi connectivity index (χ4v) is 7.26. The van der Waals surface area contributed by atoms with E-state index in [2.05, 4.69) is 0 Å². The molecule has 199 valence electrons. The van der Waals surface area contributed by atoms with Crippen LogP contribution in [0.2, 0.25) is 0 Å². The minimum atomic E-state index is -2.02. The van der Waals surface area contributed by atoms with E-state index in [0.29, 0.717) is 5.57 Å².